The SMILES string of the molecule is Cc1nc(Cl)c([N+](=O)[O-])cc1C(O)C(O)CC#N. The first-order valence-corrected chi connectivity index (χ1v) is 5.30. The van der Waals surface area contributed by atoms with Gasteiger partial charge < -0.3 is 10.2 Å². The van der Waals surface area contributed by atoms with Gasteiger partial charge in [0.25, 0.3) is 0 Å². The van der Waals surface area contributed by atoms with Crippen LogP contribution in [-0.2, 0) is 0 Å². The Morgan fingerprint density at radius 1 is 1.67 bits per heavy atom. The summed E-state index contributed by atoms with van der Waals surface area (Å²) in [7, 11) is 0. The summed E-state index contributed by atoms with van der Waals surface area (Å²) in [5.41, 5.74) is -0.121. The molecule has 96 valence electrons. The van der Waals surface area contributed by atoms with Crippen LogP contribution in [0.4, 0.5) is 5.69 Å². The number of aliphatic hydroxyl groups excluding tert-OH is 2. The summed E-state index contributed by atoms with van der Waals surface area (Å²) >= 11 is 5.59. The van der Waals surface area contributed by atoms with Crippen LogP contribution in [0, 0.1) is 28.4 Å². The van der Waals surface area contributed by atoms with Crippen LogP contribution in [0.1, 0.15) is 23.8 Å². The van der Waals surface area contributed by atoms with E-state index in [0.29, 0.717) is 0 Å². The van der Waals surface area contributed by atoms with Gasteiger partial charge in [-0.1, -0.05) is 11.6 Å². The second-order valence-corrected chi connectivity index (χ2v) is 3.96. The lowest BCUT2D eigenvalue weighted by atomic mass is 10.0. The minimum absolute atomic E-state index is 0.0776. The van der Waals surface area contributed by atoms with Crippen molar-refractivity contribution >= 4 is 17.3 Å². The van der Waals surface area contributed by atoms with Crippen molar-refractivity contribution in [3.05, 3.63) is 32.6 Å². The van der Waals surface area contributed by atoms with Crippen LogP contribution >= 0.6 is 11.6 Å². The summed E-state index contributed by atoms with van der Waals surface area (Å²) in [5.74, 6) is 0. The standard InChI is InChI=1S/C10H10ClN3O4/c1-5-6(9(16)8(15)2-3-12)4-7(14(17)18)10(11)13-5/h4,8-9,15-16H,2H2,1H3. The van der Waals surface area contributed by atoms with E-state index in [-0.39, 0.29) is 22.8 Å². The lowest BCUT2D eigenvalue weighted by Crippen LogP contribution is -2.19. The molecule has 2 unspecified atom stereocenters. The molecule has 0 fully saturated rings. The monoisotopic (exact) mass is 271 g/mol. The van der Waals surface area contributed by atoms with Crippen LogP contribution in [0.15, 0.2) is 6.07 Å². The van der Waals surface area contributed by atoms with E-state index in [4.69, 9.17) is 16.9 Å². The van der Waals surface area contributed by atoms with Crippen molar-refractivity contribution < 1.29 is 15.1 Å². The average molecular weight is 272 g/mol. The molecule has 0 aliphatic carbocycles. The third-order valence-electron chi connectivity index (χ3n) is 2.37. The van der Waals surface area contributed by atoms with Gasteiger partial charge in [0, 0.05) is 17.3 Å². The Bertz CT molecular complexity index is 515. The molecule has 18 heavy (non-hydrogen) atoms. The second kappa shape index (κ2) is 5.73. The van der Waals surface area contributed by atoms with E-state index in [1.807, 2.05) is 0 Å². The van der Waals surface area contributed by atoms with E-state index in [1.54, 1.807) is 6.07 Å². The largest absolute Gasteiger partial charge is 0.389 e. The predicted octanol–water partition coefficient (Wildman–Crippen LogP) is 1.26. The topological polar surface area (TPSA) is 120 Å². The van der Waals surface area contributed by atoms with Gasteiger partial charge >= 0.3 is 5.69 Å². The molecule has 1 aromatic heterocycles. The van der Waals surface area contributed by atoms with Crippen LogP contribution in [0.5, 0.6) is 0 Å². The van der Waals surface area contributed by atoms with E-state index in [1.165, 1.54) is 6.92 Å². The van der Waals surface area contributed by atoms with E-state index in [2.05, 4.69) is 4.98 Å². The Kier molecular flexibility index (Phi) is 4.55. The second-order valence-electron chi connectivity index (χ2n) is 3.60. The zero-order valence-corrected chi connectivity index (χ0v) is 10.1. The maximum Gasteiger partial charge on any atom is 0.306 e. The molecule has 0 spiro atoms. The zero-order chi connectivity index (χ0) is 13.9. The smallest absolute Gasteiger partial charge is 0.306 e. The summed E-state index contributed by atoms with van der Waals surface area (Å²) in [6.45, 7) is 1.49. The van der Waals surface area contributed by atoms with Crippen molar-refractivity contribution in [2.75, 3.05) is 0 Å². The number of hydrogen-bond donors (Lipinski definition) is 2. The summed E-state index contributed by atoms with van der Waals surface area (Å²) < 4.78 is 0. The highest BCUT2D eigenvalue weighted by Gasteiger charge is 2.25. The number of aromatic nitrogens is 1. The highest BCUT2D eigenvalue weighted by Crippen LogP contribution is 2.29. The number of aliphatic hydroxyl groups is 2. The number of pyridine rings is 1. The number of nitrogens with zero attached hydrogens (tertiary/aromatic N) is 3. The van der Waals surface area contributed by atoms with Crippen LogP contribution in [0.2, 0.25) is 5.15 Å². The maximum absolute atomic E-state index is 10.7. The van der Waals surface area contributed by atoms with E-state index in [9.17, 15) is 20.3 Å². The molecule has 0 saturated carbocycles. The van der Waals surface area contributed by atoms with Gasteiger partial charge in [-0.15, -0.1) is 0 Å². The molecule has 2 N–H and O–H groups in total. The fourth-order valence-electron chi connectivity index (χ4n) is 1.42. The molecule has 8 heteroatoms. The van der Waals surface area contributed by atoms with Crippen molar-refractivity contribution in [3.63, 3.8) is 0 Å². The summed E-state index contributed by atoms with van der Waals surface area (Å²) in [6.07, 6.45) is -3.05. The molecule has 0 aliphatic rings. The summed E-state index contributed by atoms with van der Waals surface area (Å²) in [6, 6.07) is 2.75. The lowest BCUT2D eigenvalue weighted by molar-refractivity contribution is -0.385. The van der Waals surface area contributed by atoms with Crippen molar-refractivity contribution in [2.24, 2.45) is 0 Å². The third kappa shape index (κ3) is 2.92. The van der Waals surface area contributed by atoms with Gasteiger partial charge in [0.05, 0.1) is 23.5 Å². The fourth-order valence-corrected chi connectivity index (χ4v) is 1.67. The number of rotatable bonds is 4. The molecule has 0 aromatic carbocycles. The van der Waals surface area contributed by atoms with E-state index >= 15 is 0 Å². The first kappa shape index (κ1) is 14.3. The van der Waals surface area contributed by atoms with Crippen molar-refractivity contribution in [2.45, 2.75) is 25.6 Å². The first-order valence-electron chi connectivity index (χ1n) is 4.93. The van der Waals surface area contributed by atoms with Gasteiger partial charge in [-0.2, -0.15) is 5.26 Å². The Morgan fingerprint density at radius 2 is 2.28 bits per heavy atom. The summed E-state index contributed by atoms with van der Waals surface area (Å²) in [4.78, 5) is 13.7. The van der Waals surface area contributed by atoms with E-state index in [0.717, 1.165) is 6.07 Å². The molecule has 1 rings (SSSR count). The molecule has 0 amide bonds. The first-order chi connectivity index (χ1) is 8.38. The molecule has 0 radical (unpaired) electrons. The van der Waals surface area contributed by atoms with Crippen molar-refractivity contribution in [3.8, 4) is 6.07 Å². The van der Waals surface area contributed by atoms with Crippen molar-refractivity contribution in [1.29, 1.82) is 5.26 Å². The van der Waals surface area contributed by atoms with Crippen LogP contribution in [0.3, 0.4) is 0 Å². The summed E-state index contributed by atoms with van der Waals surface area (Å²) in [5, 5.41) is 38.1. The molecule has 1 aromatic rings. The number of nitriles is 1. The normalized spacial score (nSPS) is 13.7. The van der Waals surface area contributed by atoms with Crippen LogP contribution in [-0.4, -0.2) is 26.2 Å². The minimum atomic E-state index is -1.42. The number of halogens is 1. The molecule has 2 atom stereocenters. The maximum atomic E-state index is 10.7. The highest BCUT2D eigenvalue weighted by atomic mass is 35.5. The van der Waals surface area contributed by atoms with Gasteiger partial charge in [-0.05, 0) is 6.92 Å². The van der Waals surface area contributed by atoms with Crippen LogP contribution in [0.25, 0.3) is 0 Å². The molecule has 0 bridgehead atoms. The minimum Gasteiger partial charge on any atom is -0.389 e. The molecule has 1 heterocycles. The van der Waals surface area contributed by atoms with Gasteiger partial charge in [0.15, 0.2) is 0 Å². The highest BCUT2D eigenvalue weighted by molar-refractivity contribution is 6.31. The number of aryl methyl sites for hydroxylation is 1. The Balaban J connectivity index is 3.20. The Labute approximate surface area is 107 Å². The average Bonchev–Trinajstić information content (AvgIpc) is 2.28. The van der Waals surface area contributed by atoms with E-state index < -0.39 is 22.8 Å². The fraction of sp³-hybridized carbons (Fsp3) is 0.400. The van der Waals surface area contributed by atoms with Gasteiger partial charge in [-0.25, -0.2) is 4.98 Å². The molecule has 0 aliphatic heterocycles. The lowest BCUT2D eigenvalue weighted by Gasteiger charge is -2.17. The predicted molar refractivity (Wildman–Crippen MR) is 61.8 cm³/mol. The quantitative estimate of drug-likeness (QED) is 0.483. The zero-order valence-electron chi connectivity index (χ0n) is 9.37. The Hall–Kier alpha value is -1.75. The third-order valence-corrected chi connectivity index (χ3v) is 2.65. The van der Waals surface area contributed by atoms with Crippen molar-refractivity contribution in [1.82, 2.24) is 4.98 Å². The molecular formula is C10H10ClN3O4. The Morgan fingerprint density at radius 3 is 2.78 bits per heavy atom. The number of hydrogen-bond acceptors (Lipinski definition) is 6. The molecular weight excluding hydrogens is 262 g/mol. The van der Waals surface area contributed by atoms with Gasteiger partial charge in [0.1, 0.15) is 6.10 Å². The van der Waals surface area contributed by atoms with Gasteiger partial charge in [0.2, 0.25) is 5.15 Å². The molecule has 0 saturated heterocycles. The number of nitro groups is 1. The van der Waals surface area contributed by atoms with Crippen LogP contribution < -0.4 is 0 Å². The molecule has 7 nitrogen and oxygen atoms in total. The van der Waals surface area contributed by atoms with Gasteiger partial charge in [-0.3, -0.25) is 10.1 Å².